The van der Waals surface area contributed by atoms with Crippen molar-refractivity contribution < 1.29 is 4.79 Å². The molecule has 0 heterocycles. The highest BCUT2D eigenvalue weighted by Gasteiger charge is 2.13. The molecule has 0 aromatic heterocycles. The molecule has 1 aromatic rings. The van der Waals surface area contributed by atoms with Crippen LogP contribution in [-0.4, -0.2) is 18.5 Å². The van der Waals surface area contributed by atoms with E-state index in [2.05, 4.69) is 37.1 Å². The molecule has 0 radical (unpaired) electrons. The third kappa shape index (κ3) is 3.91. The molecule has 0 aliphatic heterocycles. The van der Waals surface area contributed by atoms with Crippen LogP contribution in [0.4, 0.5) is 5.69 Å². The number of anilines is 1. The molecule has 1 unspecified atom stereocenters. The molecule has 0 saturated heterocycles. The van der Waals surface area contributed by atoms with Gasteiger partial charge in [-0.3, -0.25) is 4.79 Å². The van der Waals surface area contributed by atoms with Gasteiger partial charge in [0, 0.05) is 12.2 Å². The van der Waals surface area contributed by atoms with Crippen molar-refractivity contribution in [1.82, 2.24) is 5.32 Å². The molecule has 0 spiro atoms. The van der Waals surface area contributed by atoms with E-state index in [1.54, 1.807) is 6.08 Å². The minimum atomic E-state index is -0.259. The second kappa shape index (κ2) is 6.84. The number of benzene rings is 1. The van der Waals surface area contributed by atoms with Gasteiger partial charge in [-0.25, -0.2) is 0 Å². The Bertz CT molecular complexity index is 413. The number of nitrogens with one attached hydrogen (secondary N) is 2. The minimum absolute atomic E-state index is 0.0199. The van der Waals surface area contributed by atoms with Crippen LogP contribution in [-0.2, 0) is 4.79 Å². The summed E-state index contributed by atoms with van der Waals surface area (Å²) < 4.78 is 0. The van der Waals surface area contributed by atoms with E-state index in [0.29, 0.717) is 12.5 Å². The molecule has 0 aliphatic rings. The first-order chi connectivity index (χ1) is 8.56. The van der Waals surface area contributed by atoms with Gasteiger partial charge < -0.3 is 10.6 Å². The van der Waals surface area contributed by atoms with Crippen LogP contribution in [0.2, 0.25) is 0 Å². The van der Waals surface area contributed by atoms with Gasteiger partial charge in [-0.2, -0.15) is 0 Å². The van der Waals surface area contributed by atoms with Crippen LogP contribution in [0.25, 0.3) is 0 Å². The molecule has 1 aromatic carbocycles. The molecule has 3 nitrogen and oxygen atoms in total. The van der Waals surface area contributed by atoms with Crippen molar-refractivity contribution in [3.63, 3.8) is 0 Å². The summed E-state index contributed by atoms with van der Waals surface area (Å²) in [5.74, 6) is 0.408. The molecule has 0 bridgehead atoms. The first-order valence-corrected chi connectivity index (χ1v) is 6.30. The normalized spacial score (nSPS) is 12.0. The van der Waals surface area contributed by atoms with Gasteiger partial charge in [-0.1, -0.05) is 38.1 Å². The van der Waals surface area contributed by atoms with Gasteiger partial charge in [0.05, 0.1) is 0 Å². The Hall–Kier alpha value is -1.77. The SMILES string of the molecule is C=CCNC(=O)C(C)Nc1ccccc1C(C)C. The van der Waals surface area contributed by atoms with Crippen molar-refractivity contribution in [2.24, 2.45) is 0 Å². The van der Waals surface area contributed by atoms with Crippen molar-refractivity contribution in [3.05, 3.63) is 42.5 Å². The standard InChI is InChI=1S/C15H22N2O/c1-5-10-16-15(18)12(4)17-14-9-7-6-8-13(14)11(2)3/h5-9,11-12,17H,1,10H2,2-4H3,(H,16,18). The Balaban J connectivity index is 2.72. The fourth-order valence-corrected chi connectivity index (χ4v) is 1.76. The van der Waals surface area contributed by atoms with E-state index >= 15 is 0 Å². The number of hydrogen-bond acceptors (Lipinski definition) is 2. The highest BCUT2D eigenvalue weighted by atomic mass is 16.2. The predicted molar refractivity (Wildman–Crippen MR) is 76.8 cm³/mol. The van der Waals surface area contributed by atoms with Gasteiger partial charge in [-0.05, 0) is 24.5 Å². The van der Waals surface area contributed by atoms with E-state index in [4.69, 9.17) is 0 Å². The fraction of sp³-hybridized carbons (Fsp3) is 0.400. The lowest BCUT2D eigenvalue weighted by atomic mass is 10.0. The smallest absolute Gasteiger partial charge is 0.242 e. The van der Waals surface area contributed by atoms with Crippen molar-refractivity contribution >= 4 is 11.6 Å². The Labute approximate surface area is 109 Å². The van der Waals surface area contributed by atoms with E-state index in [1.165, 1.54) is 5.56 Å². The minimum Gasteiger partial charge on any atom is -0.374 e. The summed E-state index contributed by atoms with van der Waals surface area (Å²) >= 11 is 0. The molecule has 98 valence electrons. The summed E-state index contributed by atoms with van der Waals surface area (Å²) in [6.07, 6.45) is 1.67. The molecule has 0 saturated carbocycles. The van der Waals surface area contributed by atoms with Crippen LogP contribution >= 0.6 is 0 Å². The molecule has 3 heteroatoms. The highest BCUT2D eigenvalue weighted by Crippen LogP contribution is 2.24. The molecular formula is C15H22N2O. The maximum atomic E-state index is 11.8. The zero-order valence-electron chi connectivity index (χ0n) is 11.4. The van der Waals surface area contributed by atoms with Crippen LogP contribution < -0.4 is 10.6 Å². The van der Waals surface area contributed by atoms with E-state index in [0.717, 1.165) is 5.69 Å². The molecule has 1 atom stereocenters. The topological polar surface area (TPSA) is 41.1 Å². The monoisotopic (exact) mass is 246 g/mol. The number of carbonyl (C=O) groups excluding carboxylic acids is 1. The molecular weight excluding hydrogens is 224 g/mol. The lowest BCUT2D eigenvalue weighted by Gasteiger charge is -2.19. The quantitative estimate of drug-likeness (QED) is 0.758. The number of amides is 1. The zero-order valence-corrected chi connectivity index (χ0v) is 11.4. The largest absolute Gasteiger partial charge is 0.374 e. The number of carbonyl (C=O) groups is 1. The lowest BCUT2D eigenvalue weighted by Crippen LogP contribution is -2.37. The second-order valence-corrected chi connectivity index (χ2v) is 4.64. The predicted octanol–water partition coefficient (Wildman–Crippen LogP) is 2.91. The summed E-state index contributed by atoms with van der Waals surface area (Å²) in [6, 6.07) is 7.82. The number of rotatable bonds is 6. The van der Waals surface area contributed by atoms with Crippen LogP contribution in [0.3, 0.4) is 0 Å². The summed E-state index contributed by atoms with van der Waals surface area (Å²) in [4.78, 5) is 11.8. The van der Waals surface area contributed by atoms with Crippen LogP contribution in [0.15, 0.2) is 36.9 Å². The van der Waals surface area contributed by atoms with Crippen molar-refractivity contribution in [2.45, 2.75) is 32.7 Å². The Morgan fingerprint density at radius 3 is 2.61 bits per heavy atom. The van der Waals surface area contributed by atoms with Gasteiger partial charge in [-0.15, -0.1) is 6.58 Å². The molecule has 2 N–H and O–H groups in total. The third-order valence-corrected chi connectivity index (χ3v) is 2.77. The van der Waals surface area contributed by atoms with Gasteiger partial charge in [0.15, 0.2) is 0 Å². The van der Waals surface area contributed by atoms with Crippen molar-refractivity contribution in [3.8, 4) is 0 Å². The average Bonchev–Trinajstić information content (AvgIpc) is 2.36. The highest BCUT2D eigenvalue weighted by molar-refractivity contribution is 5.84. The summed E-state index contributed by atoms with van der Waals surface area (Å²) in [5.41, 5.74) is 2.25. The summed E-state index contributed by atoms with van der Waals surface area (Å²) in [5, 5.41) is 6.04. The summed E-state index contributed by atoms with van der Waals surface area (Å²) in [6.45, 7) is 10.2. The molecule has 1 amide bonds. The second-order valence-electron chi connectivity index (χ2n) is 4.64. The van der Waals surface area contributed by atoms with Crippen molar-refractivity contribution in [1.29, 1.82) is 0 Å². The van der Waals surface area contributed by atoms with Gasteiger partial charge in [0.2, 0.25) is 5.91 Å². The Morgan fingerprint density at radius 2 is 2.00 bits per heavy atom. The maximum absolute atomic E-state index is 11.8. The fourth-order valence-electron chi connectivity index (χ4n) is 1.76. The van der Waals surface area contributed by atoms with Crippen LogP contribution in [0.1, 0.15) is 32.3 Å². The van der Waals surface area contributed by atoms with Crippen LogP contribution in [0.5, 0.6) is 0 Å². The third-order valence-electron chi connectivity index (χ3n) is 2.77. The van der Waals surface area contributed by atoms with E-state index in [9.17, 15) is 4.79 Å². The molecule has 0 aliphatic carbocycles. The molecule has 1 rings (SSSR count). The Kier molecular flexibility index (Phi) is 5.43. The van der Waals surface area contributed by atoms with E-state index in [-0.39, 0.29) is 11.9 Å². The Morgan fingerprint density at radius 1 is 1.33 bits per heavy atom. The molecule has 18 heavy (non-hydrogen) atoms. The molecule has 0 fully saturated rings. The maximum Gasteiger partial charge on any atom is 0.242 e. The van der Waals surface area contributed by atoms with Gasteiger partial charge >= 0.3 is 0 Å². The van der Waals surface area contributed by atoms with Crippen molar-refractivity contribution in [2.75, 3.05) is 11.9 Å². The van der Waals surface area contributed by atoms with E-state index < -0.39 is 0 Å². The van der Waals surface area contributed by atoms with E-state index in [1.807, 2.05) is 25.1 Å². The summed E-state index contributed by atoms with van der Waals surface area (Å²) in [7, 11) is 0. The first-order valence-electron chi connectivity index (χ1n) is 6.30. The number of para-hydroxylation sites is 1. The number of hydrogen-bond donors (Lipinski definition) is 2. The average molecular weight is 246 g/mol. The van der Waals surface area contributed by atoms with Gasteiger partial charge in [0.1, 0.15) is 6.04 Å². The lowest BCUT2D eigenvalue weighted by molar-refractivity contribution is -0.121. The van der Waals surface area contributed by atoms with Gasteiger partial charge in [0.25, 0.3) is 0 Å². The zero-order chi connectivity index (χ0) is 13.5. The first kappa shape index (κ1) is 14.3. The van der Waals surface area contributed by atoms with Crippen LogP contribution in [0, 0.1) is 0 Å².